The van der Waals surface area contributed by atoms with Crippen molar-refractivity contribution >= 4 is 23.2 Å². The van der Waals surface area contributed by atoms with Crippen molar-refractivity contribution in [1.29, 1.82) is 0 Å². The van der Waals surface area contributed by atoms with E-state index in [9.17, 15) is 22.8 Å². The minimum atomic E-state index is -4.54. The molecule has 0 aliphatic carbocycles. The van der Waals surface area contributed by atoms with Gasteiger partial charge in [-0.15, -0.1) is 11.3 Å². The summed E-state index contributed by atoms with van der Waals surface area (Å²) in [5.74, 6) is -1.24. The number of rotatable bonds is 2. The normalized spacial score (nSPS) is 17.1. The van der Waals surface area contributed by atoms with Crippen LogP contribution in [0.5, 0.6) is 0 Å². The van der Waals surface area contributed by atoms with Gasteiger partial charge < -0.3 is 9.64 Å². The van der Waals surface area contributed by atoms with Crippen LogP contribution in [-0.4, -0.2) is 30.4 Å². The Kier molecular flexibility index (Phi) is 4.55. The zero-order valence-electron chi connectivity index (χ0n) is 13.2. The number of carbonyl (C=O) groups is 2. The Morgan fingerprint density at radius 1 is 1.28 bits per heavy atom. The molecule has 0 N–H and O–H groups in total. The second-order valence-electron chi connectivity index (χ2n) is 5.55. The first-order chi connectivity index (χ1) is 11.8. The van der Waals surface area contributed by atoms with Gasteiger partial charge in [0.05, 0.1) is 12.7 Å². The van der Waals surface area contributed by atoms with Gasteiger partial charge in [-0.2, -0.15) is 13.2 Å². The van der Waals surface area contributed by atoms with Gasteiger partial charge in [0.2, 0.25) is 0 Å². The molecular formula is C17H14F3NO3S. The molecule has 0 spiro atoms. The quantitative estimate of drug-likeness (QED) is 0.759. The molecule has 25 heavy (non-hydrogen) atoms. The lowest BCUT2D eigenvalue weighted by Crippen LogP contribution is -2.43. The van der Waals surface area contributed by atoms with E-state index in [-0.39, 0.29) is 12.1 Å². The summed E-state index contributed by atoms with van der Waals surface area (Å²) in [7, 11) is 1.22. The van der Waals surface area contributed by atoms with Gasteiger partial charge in [-0.1, -0.05) is 6.07 Å². The van der Waals surface area contributed by atoms with Crippen molar-refractivity contribution in [3.8, 4) is 0 Å². The van der Waals surface area contributed by atoms with Crippen LogP contribution in [0.4, 0.5) is 13.2 Å². The highest BCUT2D eigenvalue weighted by atomic mass is 32.1. The van der Waals surface area contributed by atoms with Gasteiger partial charge in [-0.25, -0.2) is 4.79 Å². The number of hydrogen-bond acceptors (Lipinski definition) is 4. The molecule has 0 saturated carbocycles. The summed E-state index contributed by atoms with van der Waals surface area (Å²) in [6, 6.07) is 5.01. The number of thiophene rings is 1. The van der Waals surface area contributed by atoms with Crippen LogP contribution >= 0.6 is 11.3 Å². The molecule has 132 valence electrons. The maximum absolute atomic E-state index is 12.9. The van der Waals surface area contributed by atoms with Gasteiger partial charge in [0.25, 0.3) is 5.91 Å². The SMILES string of the molecule is COC(=O)C1c2ccsc2CCN1C(=O)c1cccc(C(F)(F)F)c1. The fourth-order valence-electron chi connectivity index (χ4n) is 2.90. The van der Waals surface area contributed by atoms with E-state index in [1.165, 1.54) is 35.5 Å². The fourth-order valence-corrected chi connectivity index (χ4v) is 3.80. The maximum Gasteiger partial charge on any atom is 0.416 e. The lowest BCUT2D eigenvalue weighted by atomic mass is 9.98. The fraction of sp³-hybridized carbons (Fsp3) is 0.294. The number of fused-ring (bicyclic) bond motifs is 1. The summed E-state index contributed by atoms with van der Waals surface area (Å²) in [6.45, 7) is 0.238. The van der Waals surface area contributed by atoms with E-state index >= 15 is 0 Å². The summed E-state index contributed by atoms with van der Waals surface area (Å²) in [5, 5.41) is 1.82. The molecule has 1 unspecified atom stereocenters. The number of methoxy groups -OCH3 is 1. The Labute approximate surface area is 145 Å². The second-order valence-corrected chi connectivity index (χ2v) is 6.55. The van der Waals surface area contributed by atoms with Crippen LogP contribution in [0.15, 0.2) is 35.7 Å². The van der Waals surface area contributed by atoms with Gasteiger partial charge in [-0.3, -0.25) is 4.79 Å². The van der Waals surface area contributed by atoms with Crippen molar-refractivity contribution < 1.29 is 27.5 Å². The molecule has 1 aromatic carbocycles. The molecule has 8 heteroatoms. The smallest absolute Gasteiger partial charge is 0.416 e. The molecule has 0 saturated heterocycles. The van der Waals surface area contributed by atoms with Crippen molar-refractivity contribution in [1.82, 2.24) is 4.90 Å². The number of nitrogens with zero attached hydrogens (tertiary/aromatic N) is 1. The number of alkyl halides is 3. The van der Waals surface area contributed by atoms with Crippen LogP contribution in [0.3, 0.4) is 0 Å². The monoisotopic (exact) mass is 369 g/mol. The lowest BCUT2D eigenvalue weighted by Gasteiger charge is -2.34. The highest BCUT2D eigenvalue weighted by molar-refractivity contribution is 7.10. The van der Waals surface area contributed by atoms with E-state index in [1.54, 1.807) is 6.07 Å². The zero-order valence-corrected chi connectivity index (χ0v) is 14.0. The molecule has 0 bridgehead atoms. The minimum absolute atomic E-state index is 0.109. The van der Waals surface area contributed by atoms with Crippen molar-refractivity contribution in [2.75, 3.05) is 13.7 Å². The molecule has 1 aromatic heterocycles. The highest BCUT2D eigenvalue weighted by Gasteiger charge is 2.38. The van der Waals surface area contributed by atoms with Gasteiger partial charge >= 0.3 is 12.1 Å². The Bertz CT molecular complexity index is 815. The molecule has 0 radical (unpaired) electrons. The molecule has 1 aliphatic rings. The van der Waals surface area contributed by atoms with Crippen LogP contribution in [0, 0.1) is 0 Å². The van der Waals surface area contributed by atoms with Crippen molar-refractivity contribution in [3.63, 3.8) is 0 Å². The number of hydrogen-bond donors (Lipinski definition) is 0. The predicted molar refractivity (Wildman–Crippen MR) is 85.3 cm³/mol. The molecular weight excluding hydrogens is 355 g/mol. The highest BCUT2D eigenvalue weighted by Crippen LogP contribution is 2.36. The largest absolute Gasteiger partial charge is 0.467 e. The standard InChI is InChI=1S/C17H14F3NO3S/c1-24-16(23)14-12-6-8-25-13(12)5-7-21(14)15(22)10-3-2-4-11(9-10)17(18,19)20/h2-4,6,8-9,14H,5,7H2,1H3. The number of benzene rings is 1. The number of esters is 1. The second kappa shape index (κ2) is 6.51. The summed E-state index contributed by atoms with van der Waals surface area (Å²) in [6.07, 6.45) is -3.99. The molecule has 1 aliphatic heterocycles. The van der Waals surface area contributed by atoms with Crippen molar-refractivity contribution in [3.05, 3.63) is 57.3 Å². The molecule has 4 nitrogen and oxygen atoms in total. The van der Waals surface area contributed by atoms with Gasteiger partial charge in [0, 0.05) is 17.0 Å². The summed E-state index contributed by atoms with van der Waals surface area (Å²) in [4.78, 5) is 27.3. The first-order valence-corrected chi connectivity index (χ1v) is 8.33. The lowest BCUT2D eigenvalue weighted by molar-refractivity contribution is -0.146. The van der Waals surface area contributed by atoms with Crippen molar-refractivity contribution in [2.24, 2.45) is 0 Å². The number of amides is 1. The van der Waals surface area contributed by atoms with Crippen LogP contribution in [0.2, 0.25) is 0 Å². The third-order valence-corrected chi connectivity index (χ3v) is 5.08. The topological polar surface area (TPSA) is 46.6 Å². The minimum Gasteiger partial charge on any atom is -0.467 e. The van der Waals surface area contributed by atoms with E-state index in [4.69, 9.17) is 4.74 Å². The van der Waals surface area contributed by atoms with Crippen LogP contribution < -0.4 is 0 Å². The average Bonchev–Trinajstić information content (AvgIpc) is 3.07. The number of carbonyl (C=O) groups excluding carboxylic acids is 2. The molecule has 2 heterocycles. The molecule has 3 rings (SSSR count). The Morgan fingerprint density at radius 3 is 2.72 bits per heavy atom. The first-order valence-electron chi connectivity index (χ1n) is 7.45. The molecule has 0 fully saturated rings. The van der Waals surface area contributed by atoms with Crippen molar-refractivity contribution in [2.45, 2.75) is 18.6 Å². The predicted octanol–water partition coefficient (Wildman–Crippen LogP) is 3.68. The Hall–Kier alpha value is -2.35. The molecule has 2 aromatic rings. The van der Waals surface area contributed by atoms with Gasteiger partial charge in [-0.05, 0) is 41.6 Å². The molecule has 1 amide bonds. The third kappa shape index (κ3) is 3.26. The van der Waals surface area contributed by atoms with Crippen LogP contribution in [0.1, 0.15) is 32.4 Å². The van der Waals surface area contributed by atoms with Crippen LogP contribution in [-0.2, 0) is 22.1 Å². The summed E-state index contributed by atoms with van der Waals surface area (Å²) in [5.41, 5.74) is -0.341. The summed E-state index contributed by atoms with van der Waals surface area (Å²) < 4.78 is 43.5. The van der Waals surface area contributed by atoms with E-state index in [0.717, 1.165) is 17.0 Å². The third-order valence-electron chi connectivity index (χ3n) is 4.09. The van der Waals surface area contributed by atoms with E-state index in [0.29, 0.717) is 12.0 Å². The van der Waals surface area contributed by atoms with E-state index in [1.807, 2.05) is 5.38 Å². The van der Waals surface area contributed by atoms with Gasteiger partial charge in [0.1, 0.15) is 0 Å². The Balaban J connectivity index is 1.97. The van der Waals surface area contributed by atoms with Crippen LogP contribution in [0.25, 0.3) is 0 Å². The van der Waals surface area contributed by atoms with E-state index in [2.05, 4.69) is 0 Å². The van der Waals surface area contributed by atoms with Gasteiger partial charge in [0.15, 0.2) is 6.04 Å². The number of ether oxygens (including phenoxy) is 1. The molecule has 1 atom stereocenters. The summed E-state index contributed by atoms with van der Waals surface area (Å²) >= 11 is 1.48. The first kappa shape index (κ1) is 17.5. The zero-order chi connectivity index (χ0) is 18.2. The van der Waals surface area contributed by atoms with E-state index < -0.39 is 29.7 Å². The maximum atomic E-state index is 12.9. The number of halogens is 3. The average molecular weight is 369 g/mol. The Morgan fingerprint density at radius 2 is 2.04 bits per heavy atom.